The third-order valence-electron chi connectivity index (χ3n) is 4.52. The average Bonchev–Trinajstić information content (AvgIpc) is 2.76. The van der Waals surface area contributed by atoms with E-state index in [2.05, 4.69) is 10.3 Å². The van der Waals surface area contributed by atoms with Crippen LogP contribution < -0.4 is 10.0 Å². The summed E-state index contributed by atoms with van der Waals surface area (Å²) in [6.45, 7) is 0.920. The Balaban J connectivity index is 2.09. The Kier molecular flexibility index (Phi) is 6.70. The van der Waals surface area contributed by atoms with E-state index in [4.69, 9.17) is 23.2 Å². The van der Waals surface area contributed by atoms with E-state index in [1.165, 1.54) is 29.0 Å². The van der Waals surface area contributed by atoms with Crippen LogP contribution in [0.5, 0.6) is 0 Å². The van der Waals surface area contributed by atoms with Gasteiger partial charge < -0.3 is 9.88 Å². The standard InChI is InChI=1S/C18H17Cl2F3N4O3S/c1-10(18(21,22)23)26-31(29,30)16-12-5-3-2-4-8-27(12)15(14(16)20)17(28)25-11-6-7-24-13(19)9-11/h3,5-7,9-10,26H,2,4,8H2,1H3,(H,24,25,28)/t10-/m1/s1. The second kappa shape index (κ2) is 8.81. The van der Waals surface area contributed by atoms with E-state index < -0.39 is 38.1 Å². The number of halogens is 5. The Hall–Kier alpha value is -2.08. The summed E-state index contributed by atoms with van der Waals surface area (Å²) < 4.78 is 67.5. The molecule has 3 rings (SSSR count). The molecule has 2 aromatic heterocycles. The van der Waals surface area contributed by atoms with Gasteiger partial charge in [0.15, 0.2) is 0 Å². The smallest absolute Gasteiger partial charge is 0.335 e. The van der Waals surface area contributed by atoms with Gasteiger partial charge in [-0.25, -0.2) is 13.4 Å². The number of amides is 1. The van der Waals surface area contributed by atoms with Gasteiger partial charge in [0.2, 0.25) is 10.0 Å². The number of fused-ring (bicyclic) bond motifs is 1. The molecular formula is C18H17Cl2F3N4O3S. The SMILES string of the molecule is C[C@@H](NS(=O)(=O)c1c(Cl)c(C(=O)Nc2ccnc(Cl)c2)n2c1C=CCCC2)C(F)(F)F. The molecule has 31 heavy (non-hydrogen) atoms. The van der Waals surface area contributed by atoms with Gasteiger partial charge in [0.25, 0.3) is 5.91 Å². The van der Waals surface area contributed by atoms with E-state index in [-0.39, 0.29) is 28.8 Å². The van der Waals surface area contributed by atoms with Crippen LogP contribution in [0, 0.1) is 0 Å². The van der Waals surface area contributed by atoms with E-state index in [9.17, 15) is 26.4 Å². The number of carbonyl (C=O) groups is 1. The van der Waals surface area contributed by atoms with Gasteiger partial charge in [-0.3, -0.25) is 4.79 Å². The molecule has 0 unspecified atom stereocenters. The fourth-order valence-corrected chi connectivity index (χ4v) is 5.31. The molecule has 1 aliphatic rings. The number of rotatable bonds is 5. The number of anilines is 1. The molecule has 1 amide bonds. The Morgan fingerprint density at radius 3 is 2.68 bits per heavy atom. The number of carbonyl (C=O) groups excluding carboxylic acids is 1. The van der Waals surface area contributed by atoms with Crippen molar-refractivity contribution < 1.29 is 26.4 Å². The molecule has 2 aromatic rings. The van der Waals surface area contributed by atoms with Crippen molar-refractivity contribution in [2.24, 2.45) is 0 Å². The van der Waals surface area contributed by atoms with Crippen LogP contribution in [0.4, 0.5) is 18.9 Å². The Bertz CT molecular complexity index is 1150. The van der Waals surface area contributed by atoms with E-state index in [0.29, 0.717) is 19.8 Å². The van der Waals surface area contributed by atoms with E-state index in [0.717, 1.165) is 0 Å². The normalized spacial score (nSPS) is 15.3. The molecule has 0 aromatic carbocycles. The molecule has 1 aliphatic heterocycles. The number of sulfonamides is 1. The first-order valence-corrected chi connectivity index (χ1v) is 11.3. The number of nitrogens with one attached hydrogen (secondary N) is 2. The highest BCUT2D eigenvalue weighted by Crippen LogP contribution is 2.36. The van der Waals surface area contributed by atoms with Crippen molar-refractivity contribution in [3.05, 3.63) is 46.0 Å². The predicted molar refractivity (Wildman–Crippen MR) is 111 cm³/mol. The van der Waals surface area contributed by atoms with Crippen LogP contribution in [0.1, 0.15) is 35.9 Å². The summed E-state index contributed by atoms with van der Waals surface area (Å²) in [5.74, 6) is -0.742. The summed E-state index contributed by atoms with van der Waals surface area (Å²) in [5.41, 5.74) is 0.132. The molecule has 1 atom stereocenters. The zero-order valence-corrected chi connectivity index (χ0v) is 18.3. The van der Waals surface area contributed by atoms with Crippen molar-refractivity contribution in [3.8, 4) is 0 Å². The zero-order valence-electron chi connectivity index (χ0n) is 16.0. The number of nitrogens with zero attached hydrogens (tertiary/aromatic N) is 2. The minimum Gasteiger partial charge on any atom is -0.335 e. The number of allylic oxidation sites excluding steroid dienone is 1. The first-order valence-electron chi connectivity index (χ1n) is 9.02. The highest BCUT2D eigenvalue weighted by molar-refractivity contribution is 7.89. The van der Waals surface area contributed by atoms with Gasteiger partial charge in [-0.05, 0) is 38.0 Å². The largest absolute Gasteiger partial charge is 0.404 e. The topological polar surface area (TPSA) is 93.1 Å². The van der Waals surface area contributed by atoms with Gasteiger partial charge in [-0.15, -0.1) is 0 Å². The Morgan fingerprint density at radius 2 is 2.03 bits per heavy atom. The van der Waals surface area contributed by atoms with Gasteiger partial charge in [-0.2, -0.15) is 17.9 Å². The summed E-state index contributed by atoms with van der Waals surface area (Å²) in [6.07, 6.45) is 0.831. The number of hydrogen-bond donors (Lipinski definition) is 2. The molecule has 0 saturated heterocycles. The van der Waals surface area contributed by atoms with Gasteiger partial charge in [0.05, 0.1) is 10.7 Å². The molecule has 168 valence electrons. The van der Waals surface area contributed by atoms with Crippen molar-refractivity contribution in [1.82, 2.24) is 14.3 Å². The minimum atomic E-state index is -4.80. The highest BCUT2D eigenvalue weighted by Gasteiger charge is 2.41. The van der Waals surface area contributed by atoms with Gasteiger partial charge in [0, 0.05) is 18.4 Å². The number of pyridine rings is 1. The molecule has 7 nitrogen and oxygen atoms in total. The quantitative estimate of drug-likeness (QED) is 0.596. The third-order valence-corrected chi connectivity index (χ3v) is 6.82. The van der Waals surface area contributed by atoms with Gasteiger partial charge in [0.1, 0.15) is 21.8 Å². The second-order valence-electron chi connectivity index (χ2n) is 6.78. The van der Waals surface area contributed by atoms with Crippen LogP contribution in [0.2, 0.25) is 10.2 Å². The van der Waals surface area contributed by atoms with Crippen LogP contribution in [0.25, 0.3) is 6.08 Å². The van der Waals surface area contributed by atoms with Crippen molar-refractivity contribution in [2.75, 3.05) is 5.32 Å². The average molecular weight is 497 g/mol. The molecular weight excluding hydrogens is 480 g/mol. The minimum absolute atomic E-state index is 0.0299. The molecule has 0 spiro atoms. The Labute approximate surface area is 186 Å². The monoisotopic (exact) mass is 496 g/mol. The van der Waals surface area contributed by atoms with E-state index in [1.54, 1.807) is 10.8 Å². The maximum Gasteiger partial charge on any atom is 0.404 e. The van der Waals surface area contributed by atoms with Crippen molar-refractivity contribution in [3.63, 3.8) is 0 Å². The lowest BCUT2D eigenvalue weighted by atomic mass is 10.3. The third kappa shape index (κ3) is 5.05. The summed E-state index contributed by atoms with van der Waals surface area (Å²) in [6, 6.07) is 0.493. The lowest BCUT2D eigenvalue weighted by Crippen LogP contribution is -2.43. The molecule has 3 heterocycles. The molecule has 0 bridgehead atoms. The van der Waals surface area contributed by atoms with E-state index >= 15 is 0 Å². The van der Waals surface area contributed by atoms with Crippen LogP contribution >= 0.6 is 23.2 Å². The molecule has 0 radical (unpaired) electrons. The summed E-state index contributed by atoms with van der Waals surface area (Å²) in [4.78, 5) is 16.2. The van der Waals surface area contributed by atoms with E-state index in [1.807, 2.05) is 0 Å². The maximum absolute atomic E-state index is 13.0. The molecule has 13 heteroatoms. The van der Waals surface area contributed by atoms with Crippen molar-refractivity contribution >= 4 is 50.9 Å². The fraction of sp³-hybridized carbons (Fsp3) is 0.333. The van der Waals surface area contributed by atoms with Gasteiger partial charge in [-0.1, -0.05) is 29.3 Å². The van der Waals surface area contributed by atoms with Crippen LogP contribution in [0.3, 0.4) is 0 Å². The molecule has 2 N–H and O–H groups in total. The predicted octanol–water partition coefficient (Wildman–Crippen LogP) is 4.48. The lowest BCUT2D eigenvalue weighted by molar-refractivity contribution is -0.147. The number of alkyl halides is 3. The number of aromatic nitrogens is 2. The Morgan fingerprint density at radius 1 is 1.32 bits per heavy atom. The lowest BCUT2D eigenvalue weighted by Gasteiger charge is -2.17. The maximum atomic E-state index is 13.0. The fourth-order valence-electron chi connectivity index (χ4n) is 3.05. The first-order chi connectivity index (χ1) is 14.4. The number of hydrogen-bond acceptors (Lipinski definition) is 4. The van der Waals surface area contributed by atoms with Crippen molar-refractivity contribution in [2.45, 2.75) is 43.4 Å². The van der Waals surface area contributed by atoms with Gasteiger partial charge >= 0.3 is 6.18 Å². The molecule has 0 saturated carbocycles. The summed E-state index contributed by atoms with van der Waals surface area (Å²) >= 11 is 12.1. The van der Waals surface area contributed by atoms with Crippen LogP contribution in [0.15, 0.2) is 29.3 Å². The summed E-state index contributed by atoms with van der Waals surface area (Å²) in [5, 5.41) is 2.20. The zero-order chi connectivity index (χ0) is 23.0. The van der Waals surface area contributed by atoms with Crippen molar-refractivity contribution in [1.29, 1.82) is 0 Å². The molecule has 0 aliphatic carbocycles. The van der Waals surface area contributed by atoms with Crippen LogP contribution in [-0.2, 0) is 16.6 Å². The summed E-state index contributed by atoms with van der Waals surface area (Å²) in [7, 11) is -4.71. The second-order valence-corrected chi connectivity index (χ2v) is 9.20. The molecule has 0 fully saturated rings. The van der Waals surface area contributed by atoms with Crippen LogP contribution in [-0.4, -0.2) is 36.1 Å². The highest BCUT2D eigenvalue weighted by atomic mass is 35.5. The first kappa shape index (κ1) is 23.6.